The van der Waals surface area contributed by atoms with E-state index < -0.39 is 0 Å². The Morgan fingerprint density at radius 3 is 2.65 bits per heavy atom. The first-order valence-electron chi connectivity index (χ1n) is 6.75. The number of hydrogen-bond donors (Lipinski definition) is 2. The van der Waals surface area contributed by atoms with E-state index in [1.807, 2.05) is 0 Å². The molecule has 5 heteroatoms. The molecule has 0 radical (unpaired) electrons. The second kappa shape index (κ2) is 7.28. The summed E-state index contributed by atoms with van der Waals surface area (Å²) in [5.74, 6) is 0. The molecule has 0 aromatic carbocycles. The van der Waals surface area contributed by atoms with Gasteiger partial charge >= 0.3 is 0 Å². The van der Waals surface area contributed by atoms with Crippen molar-refractivity contribution in [3.8, 4) is 0 Å². The van der Waals surface area contributed by atoms with Crippen molar-refractivity contribution < 1.29 is 9.84 Å². The smallest absolute Gasteiger partial charge is 0.0594 e. The van der Waals surface area contributed by atoms with E-state index >= 15 is 0 Å². The van der Waals surface area contributed by atoms with Gasteiger partial charge in [0, 0.05) is 45.3 Å². The summed E-state index contributed by atoms with van der Waals surface area (Å²) in [5, 5.41) is 12.1. The van der Waals surface area contributed by atoms with Crippen LogP contribution in [0.15, 0.2) is 0 Å². The fourth-order valence-corrected chi connectivity index (χ4v) is 2.58. The van der Waals surface area contributed by atoms with Crippen LogP contribution in [0, 0.1) is 0 Å². The van der Waals surface area contributed by atoms with Crippen LogP contribution in [0.25, 0.3) is 0 Å². The Morgan fingerprint density at radius 2 is 1.88 bits per heavy atom. The van der Waals surface area contributed by atoms with E-state index in [-0.39, 0.29) is 6.61 Å². The van der Waals surface area contributed by atoms with Crippen molar-refractivity contribution >= 4 is 0 Å². The number of aliphatic hydroxyl groups is 1. The zero-order chi connectivity index (χ0) is 11.9. The number of aliphatic hydroxyl groups excluding tert-OH is 1. The van der Waals surface area contributed by atoms with Crippen molar-refractivity contribution in [1.82, 2.24) is 15.1 Å². The Hall–Kier alpha value is -0.200. The summed E-state index contributed by atoms with van der Waals surface area (Å²) in [6, 6.07) is 0.576. The van der Waals surface area contributed by atoms with Gasteiger partial charge in [-0.1, -0.05) is 0 Å². The van der Waals surface area contributed by atoms with E-state index in [2.05, 4.69) is 15.1 Å². The highest BCUT2D eigenvalue weighted by Gasteiger charge is 2.22. The van der Waals surface area contributed by atoms with Crippen molar-refractivity contribution in [2.24, 2.45) is 0 Å². The van der Waals surface area contributed by atoms with Gasteiger partial charge in [-0.15, -0.1) is 0 Å². The number of likely N-dealkylation sites (tertiary alicyclic amines) is 1. The monoisotopic (exact) mass is 243 g/mol. The predicted molar refractivity (Wildman–Crippen MR) is 67.2 cm³/mol. The van der Waals surface area contributed by atoms with Crippen molar-refractivity contribution in [2.75, 3.05) is 65.6 Å². The molecule has 2 fully saturated rings. The number of nitrogens with one attached hydrogen (secondary N) is 1. The molecule has 2 rings (SSSR count). The maximum absolute atomic E-state index is 8.77. The summed E-state index contributed by atoms with van der Waals surface area (Å²) in [7, 11) is 0. The van der Waals surface area contributed by atoms with E-state index in [9.17, 15) is 0 Å². The van der Waals surface area contributed by atoms with Crippen LogP contribution in [0.3, 0.4) is 0 Å². The van der Waals surface area contributed by atoms with Crippen LogP contribution in [0.5, 0.6) is 0 Å². The first kappa shape index (κ1) is 13.2. The van der Waals surface area contributed by atoms with Gasteiger partial charge in [-0.2, -0.15) is 0 Å². The maximum atomic E-state index is 8.77. The van der Waals surface area contributed by atoms with Gasteiger partial charge in [-0.25, -0.2) is 0 Å². The Morgan fingerprint density at radius 1 is 1.12 bits per heavy atom. The van der Waals surface area contributed by atoms with Crippen molar-refractivity contribution in [3.05, 3.63) is 0 Å². The largest absolute Gasteiger partial charge is 0.395 e. The molecule has 5 nitrogen and oxygen atoms in total. The number of morpholine rings is 1. The summed E-state index contributed by atoms with van der Waals surface area (Å²) in [4.78, 5) is 5.00. The van der Waals surface area contributed by atoms with Crippen LogP contribution in [-0.4, -0.2) is 86.6 Å². The highest BCUT2D eigenvalue weighted by molar-refractivity contribution is 4.81. The van der Waals surface area contributed by atoms with Crippen LogP contribution in [0.1, 0.15) is 6.42 Å². The van der Waals surface area contributed by atoms with E-state index in [4.69, 9.17) is 9.84 Å². The van der Waals surface area contributed by atoms with Gasteiger partial charge in [-0.3, -0.25) is 4.90 Å². The van der Waals surface area contributed by atoms with Gasteiger partial charge in [0.05, 0.1) is 19.8 Å². The Labute approximate surface area is 104 Å². The molecule has 2 saturated heterocycles. The third-order valence-corrected chi connectivity index (χ3v) is 3.65. The van der Waals surface area contributed by atoms with Crippen molar-refractivity contribution in [2.45, 2.75) is 12.5 Å². The fourth-order valence-electron chi connectivity index (χ4n) is 2.58. The minimum Gasteiger partial charge on any atom is -0.395 e. The Kier molecular flexibility index (Phi) is 5.67. The molecule has 0 bridgehead atoms. The first-order valence-corrected chi connectivity index (χ1v) is 6.75. The molecule has 17 heavy (non-hydrogen) atoms. The number of rotatable bonds is 6. The molecule has 2 aliphatic heterocycles. The normalized spacial score (nSPS) is 27.7. The van der Waals surface area contributed by atoms with Crippen LogP contribution in [0.2, 0.25) is 0 Å². The lowest BCUT2D eigenvalue weighted by atomic mass is 10.3. The highest BCUT2D eigenvalue weighted by atomic mass is 16.5. The molecule has 0 aromatic rings. The third-order valence-electron chi connectivity index (χ3n) is 3.65. The molecule has 0 spiro atoms. The van der Waals surface area contributed by atoms with Crippen LogP contribution >= 0.6 is 0 Å². The van der Waals surface area contributed by atoms with E-state index in [1.165, 1.54) is 13.0 Å². The second-order valence-electron chi connectivity index (χ2n) is 4.92. The number of nitrogens with zero attached hydrogens (tertiary/aromatic N) is 2. The molecule has 2 aliphatic rings. The predicted octanol–water partition coefficient (Wildman–Crippen LogP) is -1.03. The Balaban J connectivity index is 1.57. The van der Waals surface area contributed by atoms with Gasteiger partial charge < -0.3 is 20.1 Å². The standard InChI is InChI=1S/C12H25N3O2/c16-8-2-13-12-1-3-15(11-12)5-4-14-6-9-17-10-7-14/h12-13,16H,1-11H2. The molecule has 100 valence electrons. The number of hydrogen-bond acceptors (Lipinski definition) is 5. The summed E-state index contributed by atoms with van der Waals surface area (Å²) < 4.78 is 5.34. The minimum atomic E-state index is 0.240. The molecule has 1 unspecified atom stereocenters. The van der Waals surface area contributed by atoms with E-state index in [1.54, 1.807) is 0 Å². The lowest BCUT2D eigenvalue weighted by Crippen LogP contribution is -2.41. The molecular formula is C12H25N3O2. The molecule has 0 aliphatic carbocycles. The van der Waals surface area contributed by atoms with Crippen LogP contribution in [0.4, 0.5) is 0 Å². The minimum absolute atomic E-state index is 0.240. The van der Waals surface area contributed by atoms with Gasteiger partial charge in [0.1, 0.15) is 0 Å². The summed E-state index contributed by atoms with van der Waals surface area (Å²) >= 11 is 0. The van der Waals surface area contributed by atoms with E-state index in [0.717, 1.165) is 52.5 Å². The first-order chi connectivity index (χ1) is 8.38. The maximum Gasteiger partial charge on any atom is 0.0594 e. The third kappa shape index (κ3) is 4.52. The lowest BCUT2D eigenvalue weighted by Gasteiger charge is -2.28. The Bertz CT molecular complexity index is 210. The van der Waals surface area contributed by atoms with Crippen LogP contribution < -0.4 is 5.32 Å². The molecule has 0 saturated carbocycles. The fraction of sp³-hybridized carbons (Fsp3) is 1.00. The lowest BCUT2D eigenvalue weighted by molar-refractivity contribution is 0.0343. The highest BCUT2D eigenvalue weighted by Crippen LogP contribution is 2.09. The topological polar surface area (TPSA) is 48.0 Å². The molecule has 2 N–H and O–H groups in total. The zero-order valence-corrected chi connectivity index (χ0v) is 10.6. The molecular weight excluding hydrogens is 218 g/mol. The zero-order valence-electron chi connectivity index (χ0n) is 10.6. The number of ether oxygens (including phenoxy) is 1. The molecule has 2 heterocycles. The summed E-state index contributed by atoms with van der Waals surface area (Å²) in [5.41, 5.74) is 0. The SMILES string of the molecule is OCCNC1CCN(CCN2CCOCC2)C1. The van der Waals surface area contributed by atoms with Gasteiger partial charge in [-0.05, 0) is 13.0 Å². The van der Waals surface area contributed by atoms with Crippen molar-refractivity contribution in [1.29, 1.82) is 0 Å². The molecule has 1 atom stereocenters. The summed E-state index contributed by atoms with van der Waals surface area (Å²) in [6.45, 7) is 9.55. The van der Waals surface area contributed by atoms with Gasteiger partial charge in [0.2, 0.25) is 0 Å². The van der Waals surface area contributed by atoms with E-state index in [0.29, 0.717) is 6.04 Å². The van der Waals surface area contributed by atoms with Crippen LogP contribution in [-0.2, 0) is 4.74 Å². The summed E-state index contributed by atoms with van der Waals surface area (Å²) in [6.07, 6.45) is 1.21. The average Bonchev–Trinajstić information content (AvgIpc) is 2.83. The quantitative estimate of drug-likeness (QED) is 0.625. The van der Waals surface area contributed by atoms with Gasteiger partial charge in [0.25, 0.3) is 0 Å². The molecule has 0 amide bonds. The van der Waals surface area contributed by atoms with Crippen molar-refractivity contribution in [3.63, 3.8) is 0 Å². The average molecular weight is 243 g/mol. The van der Waals surface area contributed by atoms with Gasteiger partial charge in [0.15, 0.2) is 0 Å². The second-order valence-corrected chi connectivity index (χ2v) is 4.92. The molecule has 0 aromatic heterocycles.